The highest BCUT2D eigenvalue weighted by Gasteiger charge is 2.11. The number of hydrogen-bond acceptors (Lipinski definition) is 5. The molecule has 0 saturated heterocycles. The minimum atomic E-state index is -0.225. The molecule has 0 bridgehead atoms. The molecule has 0 aliphatic carbocycles. The molecule has 3 aromatic rings. The van der Waals surface area contributed by atoms with E-state index < -0.39 is 0 Å². The summed E-state index contributed by atoms with van der Waals surface area (Å²) in [4.78, 5) is 20.8. The standard InChI is InChI=1S/C24H27N3O3/c1-15(2)21-11-6-16(3)12-22(21)29-14-23(28)27-19-7-9-20(10-8-19)30-24-25-17(4)13-18(5)26-24/h6-13,15H,14H2,1-5H3,(H,27,28). The number of rotatable bonds is 7. The summed E-state index contributed by atoms with van der Waals surface area (Å²) in [5.41, 5.74) is 4.53. The van der Waals surface area contributed by atoms with Crippen LogP contribution in [-0.4, -0.2) is 22.5 Å². The predicted molar refractivity (Wildman–Crippen MR) is 117 cm³/mol. The first-order valence-corrected chi connectivity index (χ1v) is 9.93. The summed E-state index contributed by atoms with van der Waals surface area (Å²) in [6, 6.07) is 15.3. The molecular formula is C24H27N3O3. The number of hydrogen-bond donors (Lipinski definition) is 1. The number of aromatic nitrogens is 2. The number of aryl methyl sites for hydroxylation is 3. The van der Waals surface area contributed by atoms with E-state index in [-0.39, 0.29) is 12.5 Å². The molecule has 6 nitrogen and oxygen atoms in total. The fourth-order valence-electron chi connectivity index (χ4n) is 3.03. The SMILES string of the molecule is Cc1ccc(C(C)C)c(OCC(=O)Nc2ccc(Oc3nc(C)cc(C)n3)cc2)c1. The average molecular weight is 405 g/mol. The molecule has 0 unspecified atom stereocenters. The Hall–Kier alpha value is -3.41. The Labute approximate surface area is 177 Å². The quantitative estimate of drug-likeness (QED) is 0.575. The van der Waals surface area contributed by atoms with Crippen molar-refractivity contribution >= 4 is 11.6 Å². The zero-order chi connectivity index (χ0) is 21.7. The largest absolute Gasteiger partial charge is 0.483 e. The molecule has 2 aromatic carbocycles. The highest BCUT2D eigenvalue weighted by Crippen LogP contribution is 2.27. The minimum Gasteiger partial charge on any atom is -0.483 e. The van der Waals surface area contributed by atoms with Gasteiger partial charge in [-0.1, -0.05) is 26.0 Å². The zero-order valence-corrected chi connectivity index (χ0v) is 18.0. The Balaban J connectivity index is 1.58. The third kappa shape index (κ3) is 5.80. The molecular weight excluding hydrogens is 378 g/mol. The van der Waals surface area contributed by atoms with Gasteiger partial charge in [-0.3, -0.25) is 4.79 Å². The fraction of sp³-hybridized carbons (Fsp3) is 0.292. The summed E-state index contributed by atoms with van der Waals surface area (Å²) in [7, 11) is 0. The van der Waals surface area contributed by atoms with E-state index in [1.807, 2.05) is 39.0 Å². The molecule has 0 fully saturated rings. The maximum absolute atomic E-state index is 12.3. The van der Waals surface area contributed by atoms with Crippen molar-refractivity contribution < 1.29 is 14.3 Å². The number of carbonyl (C=O) groups excluding carboxylic acids is 1. The smallest absolute Gasteiger partial charge is 0.322 e. The molecule has 0 aliphatic rings. The first kappa shape index (κ1) is 21.3. The average Bonchev–Trinajstić information content (AvgIpc) is 2.67. The molecule has 3 rings (SSSR count). The molecule has 156 valence electrons. The molecule has 0 spiro atoms. The number of carbonyl (C=O) groups is 1. The molecule has 0 saturated carbocycles. The van der Waals surface area contributed by atoms with Gasteiger partial charge in [-0.05, 0) is 74.2 Å². The lowest BCUT2D eigenvalue weighted by atomic mass is 10.0. The third-order valence-electron chi connectivity index (χ3n) is 4.46. The van der Waals surface area contributed by atoms with E-state index in [4.69, 9.17) is 9.47 Å². The Morgan fingerprint density at radius 2 is 1.63 bits per heavy atom. The van der Waals surface area contributed by atoms with Crippen molar-refractivity contribution in [1.29, 1.82) is 0 Å². The molecule has 0 atom stereocenters. The summed E-state index contributed by atoms with van der Waals surface area (Å²) < 4.78 is 11.5. The first-order valence-electron chi connectivity index (χ1n) is 9.93. The number of nitrogens with one attached hydrogen (secondary N) is 1. The van der Waals surface area contributed by atoms with E-state index in [1.54, 1.807) is 24.3 Å². The monoisotopic (exact) mass is 405 g/mol. The van der Waals surface area contributed by atoms with Gasteiger partial charge in [-0.2, -0.15) is 0 Å². The lowest BCUT2D eigenvalue weighted by Gasteiger charge is -2.15. The highest BCUT2D eigenvalue weighted by molar-refractivity contribution is 5.91. The van der Waals surface area contributed by atoms with Crippen LogP contribution in [0.1, 0.15) is 42.3 Å². The van der Waals surface area contributed by atoms with Crippen LogP contribution < -0.4 is 14.8 Å². The lowest BCUT2D eigenvalue weighted by Crippen LogP contribution is -2.20. The number of amides is 1. The van der Waals surface area contributed by atoms with Gasteiger partial charge in [-0.25, -0.2) is 9.97 Å². The van der Waals surface area contributed by atoms with Gasteiger partial charge in [0, 0.05) is 17.1 Å². The van der Waals surface area contributed by atoms with Crippen LogP contribution in [0.15, 0.2) is 48.5 Å². The molecule has 1 heterocycles. The second kappa shape index (κ2) is 9.39. The Bertz CT molecular complexity index is 1010. The van der Waals surface area contributed by atoms with Gasteiger partial charge in [0.1, 0.15) is 11.5 Å². The Kier molecular flexibility index (Phi) is 6.67. The van der Waals surface area contributed by atoms with Crippen molar-refractivity contribution in [2.45, 2.75) is 40.5 Å². The molecule has 0 aliphatic heterocycles. The number of ether oxygens (including phenoxy) is 2. The van der Waals surface area contributed by atoms with Crippen molar-refractivity contribution in [3.8, 4) is 17.5 Å². The normalized spacial score (nSPS) is 10.7. The second-order valence-electron chi connectivity index (χ2n) is 7.59. The summed E-state index contributed by atoms with van der Waals surface area (Å²) in [6.45, 7) is 9.93. The van der Waals surface area contributed by atoms with E-state index in [0.29, 0.717) is 23.4 Å². The first-order chi connectivity index (χ1) is 14.3. The Morgan fingerprint density at radius 1 is 0.967 bits per heavy atom. The Morgan fingerprint density at radius 3 is 2.27 bits per heavy atom. The maximum Gasteiger partial charge on any atom is 0.322 e. The molecule has 1 aromatic heterocycles. The number of nitrogens with zero attached hydrogens (tertiary/aromatic N) is 2. The van der Waals surface area contributed by atoms with Crippen LogP contribution in [0.2, 0.25) is 0 Å². The summed E-state index contributed by atoms with van der Waals surface area (Å²) in [5, 5.41) is 2.83. The van der Waals surface area contributed by atoms with Crippen LogP contribution >= 0.6 is 0 Å². The molecule has 0 radical (unpaired) electrons. The predicted octanol–water partition coefficient (Wildman–Crippen LogP) is 5.34. The van der Waals surface area contributed by atoms with Gasteiger partial charge in [0.2, 0.25) is 0 Å². The van der Waals surface area contributed by atoms with Gasteiger partial charge < -0.3 is 14.8 Å². The van der Waals surface area contributed by atoms with E-state index in [1.165, 1.54) is 0 Å². The van der Waals surface area contributed by atoms with E-state index in [9.17, 15) is 4.79 Å². The van der Waals surface area contributed by atoms with Crippen LogP contribution in [0.25, 0.3) is 0 Å². The molecule has 1 amide bonds. The van der Waals surface area contributed by atoms with Gasteiger partial charge in [0.05, 0.1) is 0 Å². The van der Waals surface area contributed by atoms with Crippen molar-refractivity contribution in [2.75, 3.05) is 11.9 Å². The van der Waals surface area contributed by atoms with Crippen LogP contribution in [0.3, 0.4) is 0 Å². The second-order valence-corrected chi connectivity index (χ2v) is 7.59. The highest BCUT2D eigenvalue weighted by atomic mass is 16.5. The van der Waals surface area contributed by atoms with Crippen LogP contribution in [0.5, 0.6) is 17.5 Å². The van der Waals surface area contributed by atoms with Gasteiger partial charge in [0.15, 0.2) is 6.61 Å². The zero-order valence-electron chi connectivity index (χ0n) is 18.0. The third-order valence-corrected chi connectivity index (χ3v) is 4.46. The van der Waals surface area contributed by atoms with Gasteiger partial charge in [-0.15, -0.1) is 0 Å². The lowest BCUT2D eigenvalue weighted by molar-refractivity contribution is -0.118. The molecule has 1 N–H and O–H groups in total. The van der Waals surface area contributed by atoms with Crippen molar-refractivity contribution in [1.82, 2.24) is 9.97 Å². The molecule has 6 heteroatoms. The van der Waals surface area contributed by atoms with Crippen molar-refractivity contribution in [2.24, 2.45) is 0 Å². The van der Waals surface area contributed by atoms with E-state index >= 15 is 0 Å². The van der Waals surface area contributed by atoms with Crippen molar-refractivity contribution in [3.63, 3.8) is 0 Å². The van der Waals surface area contributed by atoms with Gasteiger partial charge in [0.25, 0.3) is 5.91 Å². The van der Waals surface area contributed by atoms with Crippen LogP contribution in [-0.2, 0) is 4.79 Å². The minimum absolute atomic E-state index is 0.0577. The summed E-state index contributed by atoms with van der Waals surface area (Å²) in [5.74, 6) is 1.43. The van der Waals surface area contributed by atoms with E-state index in [2.05, 4.69) is 35.2 Å². The fourth-order valence-corrected chi connectivity index (χ4v) is 3.03. The van der Waals surface area contributed by atoms with Crippen molar-refractivity contribution in [3.05, 3.63) is 71.0 Å². The van der Waals surface area contributed by atoms with Crippen LogP contribution in [0, 0.1) is 20.8 Å². The summed E-state index contributed by atoms with van der Waals surface area (Å²) >= 11 is 0. The maximum atomic E-state index is 12.3. The van der Waals surface area contributed by atoms with Crippen LogP contribution in [0.4, 0.5) is 5.69 Å². The molecule has 30 heavy (non-hydrogen) atoms. The van der Waals surface area contributed by atoms with E-state index in [0.717, 1.165) is 28.3 Å². The van der Waals surface area contributed by atoms with Gasteiger partial charge >= 0.3 is 6.01 Å². The number of anilines is 1. The topological polar surface area (TPSA) is 73.3 Å². The number of benzene rings is 2. The summed E-state index contributed by atoms with van der Waals surface area (Å²) in [6.07, 6.45) is 0.